The zero-order chi connectivity index (χ0) is 19.0. The van der Waals surface area contributed by atoms with Gasteiger partial charge in [-0.15, -0.1) is 11.3 Å². The highest BCUT2D eigenvalue weighted by atomic mass is 35.5. The quantitative estimate of drug-likeness (QED) is 0.381. The molecule has 0 aliphatic heterocycles. The molecule has 0 amide bonds. The van der Waals surface area contributed by atoms with Crippen molar-refractivity contribution >= 4 is 62.3 Å². The highest BCUT2D eigenvalue weighted by Gasteiger charge is 2.14. The molecule has 1 aromatic carbocycles. The van der Waals surface area contributed by atoms with Crippen molar-refractivity contribution in [2.75, 3.05) is 5.32 Å². The van der Waals surface area contributed by atoms with Gasteiger partial charge in [0.1, 0.15) is 16.6 Å². The van der Waals surface area contributed by atoms with E-state index >= 15 is 0 Å². The molecule has 0 saturated carbocycles. The van der Waals surface area contributed by atoms with Crippen molar-refractivity contribution < 1.29 is 4.39 Å². The third kappa shape index (κ3) is 4.04. The lowest BCUT2D eigenvalue weighted by Crippen LogP contribution is -1.99. The molecule has 0 radical (unpaired) electrons. The summed E-state index contributed by atoms with van der Waals surface area (Å²) in [5.41, 5.74) is 2.60. The molecule has 0 fully saturated rings. The number of thiazole rings is 1. The Hall–Kier alpha value is -1.86. The van der Waals surface area contributed by atoms with Crippen LogP contribution in [0.15, 0.2) is 36.7 Å². The van der Waals surface area contributed by atoms with Crippen LogP contribution >= 0.6 is 46.1 Å². The number of benzene rings is 1. The van der Waals surface area contributed by atoms with E-state index in [0.717, 1.165) is 27.0 Å². The standard InChI is InChI=1S/C18H12Cl3FN4S/c19-11-4-13-10(7-23-17(13)24-8-11)3-15-16(21)26-18(27-15)25-6-9-1-2-12(22)5-14(9)20/h1-2,4-5,7-8H,3,6H2,(H,23,24)(H,25,26). The fraction of sp³-hybridized carbons (Fsp3) is 0.111. The maximum Gasteiger partial charge on any atom is 0.184 e. The van der Waals surface area contributed by atoms with E-state index in [1.165, 1.54) is 23.5 Å². The molecule has 4 rings (SSSR count). The number of nitrogens with one attached hydrogen (secondary N) is 2. The van der Waals surface area contributed by atoms with Crippen LogP contribution in [0, 0.1) is 5.82 Å². The summed E-state index contributed by atoms with van der Waals surface area (Å²) >= 11 is 19.9. The van der Waals surface area contributed by atoms with Gasteiger partial charge in [0.15, 0.2) is 5.13 Å². The number of aromatic nitrogens is 3. The number of aromatic amines is 1. The monoisotopic (exact) mass is 440 g/mol. The molecule has 0 spiro atoms. The smallest absolute Gasteiger partial charge is 0.184 e. The van der Waals surface area contributed by atoms with E-state index in [-0.39, 0.29) is 5.82 Å². The van der Waals surface area contributed by atoms with E-state index in [2.05, 4.69) is 20.3 Å². The minimum atomic E-state index is -0.364. The molecule has 9 heteroatoms. The minimum Gasteiger partial charge on any atom is -0.357 e. The van der Waals surface area contributed by atoms with Crippen LogP contribution in [0.4, 0.5) is 9.52 Å². The van der Waals surface area contributed by atoms with Crippen LogP contribution in [0.1, 0.15) is 16.0 Å². The normalized spacial score (nSPS) is 11.3. The Labute approximate surface area is 173 Å². The Morgan fingerprint density at radius 1 is 1.15 bits per heavy atom. The first kappa shape index (κ1) is 18.5. The first-order valence-corrected chi connectivity index (χ1v) is 9.89. The Balaban J connectivity index is 1.51. The van der Waals surface area contributed by atoms with Gasteiger partial charge >= 0.3 is 0 Å². The van der Waals surface area contributed by atoms with E-state index in [0.29, 0.717) is 33.3 Å². The summed E-state index contributed by atoms with van der Waals surface area (Å²) in [6.07, 6.45) is 4.11. The summed E-state index contributed by atoms with van der Waals surface area (Å²) in [4.78, 5) is 12.7. The SMILES string of the molecule is Fc1ccc(CNc2nc(Cl)c(Cc3c[nH]c4ncc(Cl)cc34)s2)c(Cl)c1. The van der Waals surface area contributed by atoms with Crippen LogP contribution in [-0.2, 0) is 13.0 Å². The van der Waals surface area contributed by atoms with Crippen LogP contribution in [0.25, 0.3) is 11.0 Å². The molecule has 2 N–H and O–H groups in total. The van der Waals surface area contributed by atoms with E-state index in [4.69, 9.17) is 34.8 Å². The number of rotatable bonds is 5. The predicted molar refractivity (Wildman–Crippen MR) is 110 cm³/mol. The van der Waals surface area contributed by atoms with Crippen LogP contribution in [0.2, 0.25) is 15.2 Å². The van der Waals surface area contributed by atoms with Crippen molar-refractivity contribution in [2.24, 2.45) is 0 Å². The largest absolute Gasteiger partial charge is 0.357 e. The first-order valence-electron chi connectivity index (χ1n) is 7.94. The maximum absolute atomic E-state index is 13.1. The van der Waals surface area contributed by atoms with Gasteiger partial charge < -0.3 is 10.3 Å². The Bertz CT molecular complexity index is 1130. The molecule has 3 aromatic heterocycles. The number of hydrogen-bond acceptors (Lipinski definition) is 4. The summed E-state index contributed by atoms with van der Waals surface area (Å²) in [7, 11) is 0. The number of halogens is 4. The number of pyridine rings is 1. The average molecular weight is 442 g/mol. The average Bonchev–Trinajstić information content (AvgIpc) is 3.18. The fourth-order valence-electron chi connectivity index (χ4n) is 2.71. The molecular formula is C18H12Cl3FN4S. The van der Waals surface area contributed by atoms with Gasteiger partial charge in [-0.2, -0.15) is 0 Å². The second-order valence-corrected chi connectivity index (χ2v) is 8.15. The third-order valence-corrected chi connectivity index (χ3v) is 6.03. The van der Waals surface area contributed by atoms with Crippen molar-refractivity contribution in [1.29, 1.82) is 0 Å². The number of fused-ring (bicyclic) bond motifs is 1. The highest BCUT2D eigenvalue weighted by Crippen LogP contribution is 2.32. The fourth-order valence-corrected chi connectivity index (χ4v) is 4.29. The van der Waals surface area contributed by atoms with Gasteiger partial charge in [-0.25, -0.2) is 14.4 Å². The maximum atomic E-state index is 13.1. The summed E-state index contributed by atoms with van der Waals surface area (Å²) in [5.74, 6) is -0.364. The summed E-state index contributed by atoms with van der Waals surface area (Å²) < 4.78 is 13.1. The van der Waals surface area contributed by atoms with Crippen LogP contribution in [0.5, 0.6) is 0 Å². The van der Waals surface area contributed by atoms with Gasteiger partial charge in [0.2, 0.25) is 0 Å². The van der Waals surface area contributed by atoms with Crippen molar-refractivity contribution in [1.82, 2.24) is 15.0 Å². The number of nitrogens with zero attached hydrogens (tertiary/aromatic N) is 2. The zero-order valence-electron chi connectivity index (χ0n) is 13.7. The zero-order valence-corrected chi connectivity index (χ0v) is 16.8. The number of hydrogen-bond donors (Lipinski definition) is 2. The van der Waals surface area contributed by atoms with Gasteiger partial charge in [-0.3, -0.25) is 0 Å². The number of H-pyrrole nitrogens is 1. The first-order chi connectivity index (χ1) is 13.0. The van der Waals surface area contributed by atoms with E-state index < -0.39 is 0 Å². The lowest BCUT2D eigenvalue weighted by molar-refractivity contribution is 0.627. The van der Waals surface area contributed by atoms with Crippen molar-refractivity contribution in [3.63, 3.8) is 0 Å². The molecule has 4 nitrogen and oxygen atoms in total. The molecule has 3 heterocycles. The van der Waals surface area contributed by atoms with Crippen LogP contribution in [-0.4, -0.2) is 15.0 Å². The van der Waals surface area contributed by atoms with Crippen LogP contribution in [0.3, 0.4) is 0 Å². The van der Waals surface area contributed by atoms with Gasteiger partial charge in [-0.05, 0) is 29.3 Å². The van der Waals surface area contributed by atoms with Crippen molar-refractivity contribution in [2.45, 2.75) is 13.0 Å². The van der Waals surface area contributed by atoms with Crippen molar-refractivity contribution in [3.8, 4) is 0 Å². The number of anilines is 1. The molecule has 0 aliphatic carbocycles. The molecule has 0 unspecified atom stereocenters. The lowest BCUT2D eigenvalue weighted by Gasteiger charge is -2.05. The molecule has 4 aromatic rings. The summed E-state index contributed by atoms with van der Waals surface area (Å²) in [6, 6.07) is 6.18. The summed E-state index contributed by atoms with van der Waals surface area (Å²) in [5, 5.41) is 6.21. The van der Waals surface area contributed by atoms with E-state index in [1.807, 2.05) is 12.3 Å². The second kappa shape index (κ2) is 7.64. The highest BCUT2D eigenvalue weighted by molar-refractivity contribution is 7.16. The molecule has 0 bridgehead atoms. The topological polar surface area (TPSA) is 53.6 Å². The minimum absolute atomic E-state index is 0.364. The van der Waals surface area contributed by atoms with Crippen LogP contribution < -0.4 is 5.32 Å². The van der Waals surface area contributed by atoms with E-state index in [1.54, 1.807) is 12.3 Å². The van der Waals surface area contributed by atoms with Gasteiger partial charge in [0.25, 0.3) is 0 Å². The van der Waals surface area contributed by atoms with Gasteiger partial charge in [-0.1, -0.05) is 40.9 Å². The Kier molecular flexibility index (Phi) is 5.23. The molecule has 0 saturated heterocycles. The molecular weight excluding hydrogens is 430 g/mol. The molecule has 138 valence electrons. The lowest BCUT2D eigenvalue weighted by atomic mass is 10.1. The molecule has 0 aliphatic rings. The third-order valence-electron chi connectivity index (χ3n) is 4.03. The second-order valence-electron chi connectivity index (χ2n) is 5.86. The van der Waals surface area contributed by atoms with Gasteiger partial charge in [0.05, 0.1) is 9.90 Å². The Morgan fingerprint density at radius 3 is 2.81 bits per heavy atom. The molecule has 0 atom stereocenters. The van der Waals surface area contributed by atoms with Crippen molar-refractivity contribution in [3.05, 3.63) is 73.7 Å². The van der Waals surface area contributed by atoms with E-state index in [9.17, 15) is 4.39 Å². The predicted octanol–water partition coefficient (Wildman–Crippen LogP) is 6.32. The van der Waals surface area contributed by atoms with Gasteiger partial charge in [0, 0.05) is 35.8 Å². The Morgan fingerprint density at radius 2 is 2.00 bits per heavy atom. The summed E-state index contributed by atoms with van der Waals surface area (Å²) in [6.45, 7) is 0.426. The molecule has 27 heavy (non-hydrogen) atoms.